The summed E-state index contributed by atoms with van der Waals surface area (Å²) < 4.78 is -0.758. The monoisotopic (exact) mass is 151 g/mol. The standard InChI is InChI=1S/C3H3Cl2N3/c4-3(5)1-2(3)7-8-6/h2H,1H2. The number of alkyl halides is 2. The van der Waals surface area contributed by atoms with Crippen molar-refractivity contribution in [1.29, 1.82) is 0 Å². The van der Waals surface area contributed by atoms with Gasteiger partial charge < -0.3 is 0 Å². The summed E-state index contributed by atoms with van der Waals surface area (Å²) in [6, 6.07) is -0.198. The van der Waals surface area contributed by atoms with Gasteiger partial charge in [-0.2, -0.15) is 0 Å². The van der Waals surface area contributed by atoms with E-state index in [0.717, 1.165) is 0 Å². The van der Waals surface area contributed by atoms with Crippen LogP contribution in [0.25, 0.3) is 10.4 Å². The minimum atomic E-state index is -0.758. The third-order valence-corrected chi connectivity index (χ3v) is 1.80. The Hall–Kier alpha value is -0.110. The molecule has 0 bridgehead atoms. The Morgan fingerprint density at radius 1 is 1.75 bits per heavy atom. The molecule has 8 heavy (non-hydrogen) atoms. The van der Waals surface area contributed by atoms with Crippen LogP contribution in [0.4, 0.5) is 0 Å². The van der Waals surface area contributed by atoms with E-state index in [4.69, 9.17) is 28.7 Å². The first-order valence-electron chi connectivity index (χ1n) is 2.09. The Bertz CT molecular complexity index is 149. The Morgan fingerprint density at radius 3 is 2.38 bits per heavy atom. The molecule has 0 aliphatic heterocycles. The predicted octanol–water partition coefficient (Wildman–Crippen LogP) is 2.24. The fourth-order valence-electron chi connectivity index (χ4n) is 0.386. The molecule has 1 saturated carbocycles. The highest BCUT2D eigenvalue weighted by atomic mass is 35.5. The van der Waals surface area contributed by atoms with Crippen LogP contribution >= 0.6 is 23.2 Å². The molecule has 3 nitrogen and oxygen atoms in total. The van der Waals surface area contributed by atoms with Crippen LogP contribution in [0.2, 0.25) is 0 Å². The van der Waals surface area contributed by atoms with Crippen LogP contribution in [-0.2, 0) is 0 Å². The summed E-state index contributed by atoms with van der Waals surface area (Å²) in [7, 11) is 0. The van der Waals surface area contributed by atoms with Crippen LogP contribution in [0.3, 0.4) is 0 Å². The van der Waals surface area contributed by atoms with Crippen molar-refractivity contribution >= 4 is 23.2 Å². The number of hydrogen-bond acceptors (Lipinski definition) is 1. The van der Waals surface area contributed by atoms with Crippen LogP contribution in [-0.4, -0.2) is 10.4 Å². The summed E-state index contributed by atoms with van der Waals surface area (Å²) in [5, 5.41) is 3.31. The first kappa shape index (κ1) is 6.02. The van der Waals surface area contributed by atoms with E-state index in [2.05, 4.69) is 10.0 Å². The topological polar surface area (TPSA) is 48.8 Å². The molecule has 0 aromatic heterocycles. The van der Waals surface area contributed by atoms with Crippen LogP contribution in [0.15, 0.2) is 5.11 Å². The number of azide groups is 1. The summed E-state index contributed by atoms with van der Waals surface area (Å²) in [4.78, 5) is 2.55. The van der Waals surface area contributed by atoms with Gasteiger partial charge in [-0.15, -0.1) is 23.2 Å². The predicted molar refractivity (Wildman–Crippen MR) is 32.0 cm³/mol. The molecular formula is C3H3Cl2N3. The fraction of sp³-hybridized carbons (Fsp3) is 1.00. The molecule has 1 rings (SSSR count). The quantitative estimate of drug-likeness (QED) is 0.239. The smallest absolute Gasteiger partial charge is 0.101 e. The molecule has 1 atom stereocenters. The molecule has 0 saturated heterocycles. The van der Waals surface area contributed by atoms with Crippen molar-refractivity contribution in [2.24, 2.45) is 5.11 Å². The lowest BCUT2D eigenvalue weighted by Gasteiger charge is -1.85. The van der Waals surface area contributed by atoms with Crippen molar-refractivity contribution in [1.82, 2.24) is 0 Å². The van der Waals surface area contributed by atoms with Gasteiger partial charge in [-0.3, -0.25) is 0 Å². The first-order valence-corrected chi connectivity index (χ1v) is 2.84. The number of hydrogen-bond donors (Lipinski definition) is 0. The molecule has 0 aromatic rings. The average Bonchev–Trinajstić information content (AvgIpc) is 2.15. The Morgan fingerprint density at radius 2 is 2.25 bits per heavy atom. The summed E-state index contributed by atoms with van der Waals surface area (Å²) in [5.41, 5.74) is 7.85. The Labute approximate surface area is 56.2 Å². The molecule has 0 aromatic carbocycles. The SMILES string of the molecule is [N-]=[N+]=NC1CC1(Cl)Cl. The fourth-order valence-corrected chi connectivity index (χ4v) is 0.766. The van der Waals surface area contributed by atoms with Crippen molar-refractivity contribution in [2.75, 3.05) is 0 Å². The number of rotatable bonds is 1. The van der Waals surface area contributed by atoms with E-state index in [-0.39, 0.29) is 6.04 Å². The second-order valence-electron chi connectivity index (χ2n) is 1.69. The zero-order valence-corrected chi connectivity index (χ0v) is 5.39. The third-order valence-electron chi connectivity index (χ3n) is 0.984. The summed E-state index contributed by atoms with van der Waals surface area (Å²) >= 11 is 11.0. The Balaban J connectivity index is 2.48. The van der Waals surface area contributed by atoms with Crippen LogP contribution in [0.1, 0.15) is 6.42 Å². The van der Waals surface area contributed by atoms with Gasteiger partial charge in [0.2, 0.25) is 0 Å². The maximum Gasteiger partial charge on any atom is 0.127 e. The van der Waals surface area contributed by atoms with Gasteiger partial charge in [-0.1, -0.05) is 5.11 Å². The molecule has 0 radical (unpaired) electrons. The molecule has 1 fully saturated rings. The highest BCUT2D eigenvalue weighted by Crippen LogP contribution is 2.49. The highest BCUT2D eigenvalue weighted by Gasteiger charge is 2.51. The molecule has 1 unspecified atom stereocenters. The lowest BCUT2D eigenvalue weighted by molar-refractivity contribution is 1.03. The summed E-state index contributed by atoms with van der Waals surface area (Å²) in [6.07, 6.45) is 0.584. The van der Waals surface area contributed by atoms with Gasteiger partial charge in [0.05, 0.1) is 6.04 Å². The minimum absolute atomic E-state index is 0.198. The van der Waals surface area contributed by atoms with E-state index in [1.807, 2.05) is 0 Å². The van der Waals surface area contributed by atoms with Crippen LogP contribution in [0, 0.1) is 0 Å². The second kappa shape index (κ2) is 1.69. The molecule has 0 heterocycles. The van der Waals surface area contributed by atoms with E-state index in [9.17, 15) is 0 Å². The van der Waals surface area contributed by atoms with Crippen LogP contribution < -0.4 is 0 Å². The van der Waals surface area contributed by atoms with Crippen molar-refractivity contribution < 1.29 is 0 Å². The zero-order valence-electron chi connectivity index (χ0n) is 3.88. The van der Waals surface area contributed by atoms with E-state index >= 15 is 0 Å². The average molecular weight is 152 g/mol. The Kier molecular flexibility index (Phi) is 1.27. The van der Waals surface area contributed by atoms with E-state index in [1.165, 1.54) is 0 Å². The molecule has 44 valence electrons. The van der Waals surface area contributed by atoms with Gasteiger partial charge in [-0.05, 0) is 12.0 Å². The lowest BCUT2D eigenvalue weighted by Crippen LogP contribution is -1.88. The lowest BCUT2D eigenvalue weighted by atomic mass is 10.8. The molecular weight excluding hydrogens is 149 g/mol. The van der Waals surface area contributed by atoms with E-state index in [0.29, 0.717) is 6.42 Å². The largest absolute Gasteiger partial charge is 0.127 e. The van der Waals surface area contributed by atoms with Gasteiger partial charge in [0.25, 0.3) is 0 Å². The number of nitrogens with zero attached hydrogens (tertiary/aromatic N) is 3. The molecule has 1 aliphatic rings. The maximum atomic E-state index is 7.85. The zero-order chi connectivity index (χ0) is 6.20. The normalized spacial score (nSPS) is 31.0. The maximum absolute atomic E-state index is 7.85. The number of halogens is 2. The van der Waals surface area contributed by atoms with E-state index in [1.54, 1.807) is 0 Å². The molecule has 0 amide bonds. The van der Waals surface area contributed by atoms with E-state index < -0.39 is 4.33 Å². The first-order chi connectivity index (χ1) is 3.67. The summed E-state index contributed by atoms with van der Waals surface area (Å²) in [5.74, 6) is 0. The van der Waals surface area contributed by atoms with Gasteiger partial charge >= 0.3 is 0 Å². The van der Waals surface area contributed by atoms with Crippen molar-refractivity contribution in [3.8, 4) is 0 Å². The second-order valence-corrected chi connectivity index (χ2v) is 3.23. The third kappa shape index (κ3) is 0.996. The molecule has 0 spiro atoms. The van der Waals surface area contributed by atoms with Crippen molar-refractivity contribution in [3.63, 3.8) is 0 Å². The van der Waals surface area contributed by atoms with Gasteiger partial charge in [0, 0.05) is 4.91 Å². The van der Waals surface area contributed by atoms with Crippen molar-refractivity contribution in [3.05, 3.63) is 10.4 Å². The molecule has 0 N–H and O–H groups in total. The summed E-state index contributed by atoms with van der Waals surface area (Å²) in [6.45, 7) is 0. The van der Waals surface area contributed by atoms with Gasteiger partial charge in [-0.25, -0.2) is 0 Å². The van der Waals surface area contributed by atoms with Gasteiger partial charge in [0.15, 0.2) is 0 Å². The molecule has 5 heteroatoms. The minimum Gasteiger partial charge on any atom is -0.101 e. The molecule has 1 aliphatic carbocycles. The van der Waals surface area contributed by atoms with Gasteiger partial charge in [0.1, 0.15) is 4.33 Å². The van der Waals surface area contributed by atoms with Crippen LogP contribution in [0.5, 0.6) is 0 Å². The highest BCUT2D eigenvalue weighted by molar-refractivity contribution is 6.51. The van der Waals surface area contributed by atoms with Crippen molar-refractivity contribution in [2.45, 2.75) is 16.8 Å².